The monoisotopic (exact) mass is 258 g/mol. The fourth-order valence-corrected chi connectivity index (χ4v) is 1.51. The predicted octanol–water partition coefficient (Wildman–Crippen LogP) is 2.17. The van der Waals surface area contributed by atoms with Gasteiger partial charge in [0.25, 0.3) is 0 Å². The molecule has 0 bridgehead atoms. The second-order valence-electron chi connectivity index (χ2n) is 6.16. The smallest absolute Gasteiger partial charge is 0.326 e. The molecule has 2 amide bonds. The standard InChI is InChI=1S/C13H26N2O3/c1-8(2)10(11(16)17)14-12(18)15(7)9(3)13(4,5)6/h8-10H,1-7H3,(H,14,18)(H,16,17)/t9?,10-/m1/s1. The van der Waals surface area contributed by atoms with E-state index in [2.05, 4.69) is 5.32 Å². The van der Waals surface area contributed by atoms with Gasteiger partial charge in [-0.15, -0.1) is 0 Å². The van der Waals surface area contributed by atoms with Gasteiger partial charge in [-0.25, -0.2) is 9.59 Å². The second kappa shape index (κ2) is 6.07. The van der Waals surface area contributed by atoms with E-state index in [0.717, 1.165) is 0 Å². The predicted molar refractivity (Wildman–Crippen MR) is 71.5 cm³/mol. The van der Waals surface area contributed by atoms with E-state index in [4.69, 9.17) is 5.11 Å². The molecular formula is C13H26N2O3. The highest BCUT2D eigenvalue weighted by atomic mass is 16.4. The number of aliphatic carboxylic acids is 1. The summed E-state index contributed by atoms with van der Waals surface area (Å²) >= 11 is 0. The summed E-state index contributed by atoms with van der Waals surface area (Å²) < 4.78 is 0. The van der Waals surface area contributed by atoms with Crippen molar-refractivity contribution in [2.24, 2.45) is 11.3 Å². The zero-order valence-electron chi connectivity index (χ0n) is 12.4. The zero-order chi connectivity index (χ0) is 14.7. The molecule has 0 aromatic rings. The Morgan fingerprint density at radius 1 is 1.17 bits per heavy atom. The van der Waals surface area contributed by atoms with Crippen LogP contribution in [-0.4, -0.2) is 41.1 Å². The Hall–Kier alpha value is -1.26. The van der Waals surface area contributed by atoms with E-state index >= 15 is 0 Å². The Labute approximate surface area is 110 Å². The van der Waals surface area contributed by atoms with E-state index in [1.165, 1.54) is 0 Å². The van der Waals surface area contributed by atoms with Crippen LogP contribution in [0.3, 0.4) is 0 Å². The summed E-state index contributed by atoms with van der Waals surface area (Å²) in [6.07, 6.45) is 0. The van der Waals surface area contributed by atoms with Crippen molar-refractivity contribution < 1.29 is 14.7 Å². The molecule has 0 aliphatic rings. The van der Waals surface area contributed by atoms with Crippen molar-refractivity contribution in [1.29, 1.82) is 0 Å². The molecule has 0 aromatic carbocycles. The molecule has 0 heterocycles. The van der Waals surface area contributed by atoms with Crippen LogP contribution in [0.2, 0.25) is 0 Å². The van der Waals surface area contributed by atoms with Crippen LogP contribution in [-0.2, 0) is 4.79 Å². The summed E-state index contributed by atoms with van der Waals surface area (Å²) in [7, 11) is 1.69. The number of hydrogen-bond acceptors (Lipinski definition) is 2. The molecule has 0 rings (SSSR count). The molecule has 106 valence electrons. The summed E-state index contributed by atoms with van der Waals surface area (Å²) in [5.41, 5.74) is -0.0529. The maximum atomic E-state index is 12.0. The van der Waals surface area contributed by atoms with Gasteiger partial charge in [0.1, 0.15) is 6.04 Å². The number of amides is 2. The molecule has 0 saturated heterocycles. The van der Waals surface area contributed by atoms with E-state index in [0.29, 0.717) is 0 Å². The van der Waals surface area contributed by atoms with Crippen molar-refractivity contribution in [3.8, 4) is 0 Å². The summed E-state index contributed by atoms with van der Waals surface area (Å²) in [5.74, 6) is -1.15. The molecule has 2 N–H and O–H groups in total. The third-order valence-electron chi connectivity index (χ3n) is 3.37. The number of carbonyl (C=O) groups excluding carboxylic acids is 1. The second-order valence-corrected chi connectivity index (χ2v) is 6.16. The Bertz CT molecular complexity index is 308. The van der Waals surface area contributed by atoms with E-state index in [1.807, 2.05) is 27.7 Å². The largest absolute Gasteiger partial charge is 0.480 e. The SMILES string of the molecule is CC(C)[C@@H](NC(=O)N(C)C(C)C(C)(C)C)C(=O)O. The summed E-state index contributed by atoms with van der Waals surface area (Å²) in [4.78, 5) is 24.6. The van der Waals surface area contributed by atoms with Crippen molar-refractivity contribution in [3.63, 3.8) is 0 Å². The lowest BCUT2D eigenvalue weighted by Gasteiger charge is -2.36. The first-order valence-corrected chi connectivity index (χ1v) is 6.24. The zero-order valence-corrected chi connectivity index (χ0v) is 12.4. The van der Waals surface area contributed by atoms with Crippen molar-refractivity contribution in [2.75, 3.05) is 7.05 Å². The van der Waals surface area contributed by atoms with E-state index in [1.54, 1.807) is 25.8 Å². The van der Waals surface area contributed by atoms with Crippen LogP contribution >= 0.6 is 0 Å². The number of carboxylic acid groups (broad SMARTS) is 1. The van der Waals surface area contributed by atoms with Gasteiger partial charge < -0.3 is 15.3 Å². The molecule has 1 unspecified atom stereocenters. The molecule has 0 radical (unpaired) electrons. The molecule has 0 aliphatic heterocycles. The molecule has 18 heavy (non-hydrogen) atoms. The normalized spacial score (nSPS) is 15.1. The number of carbonyl (C=O) groups is 2. The highest BCUT2D eigenvalue weighted by molar-refractivity contribution is 5.82. The summed E-state index contributed by atoms with van der Waals surface area (Å²) in [6, 6.07) is -1.19. The number of nitrogens with one attached hydrogen (secondary N) is 1. The molecular weight excluding hydrogens is 232 g/mol. The first-order chi connectivity index (χ1) is 7.98. The van der Waals surface area contributed by atoms with Crippen LogP contribution in [0, 0.1) is 11.3 Å². The lowest BCUT2D eigenvalue weighted by molar-refractivity contribution is -0.140. The molecule has 0 saturated carbocycles. The minimum atomic E-state index is -1.00. The van der Waals surface area contributed by atoms with Crippen molar-refractivity contribution >= 4 is 12.0 Å². The number of hydrogen-bond donors (Lipinski definition) is 2. The summed E-state index contributed by atoms with van der Waals surface area (Å²) in [5, 5.41) is 11.6. The van der Waals surface area contributed by atoms with Crippen molar-refractivity contribution in [1.82, 2.24) is 10.2 Å². The Morgan fingerprint density at radius 3 is 1.89 bits per heavy atom. The minimum absolute atomic E-state index is 0.0131. The van der Waals surface area contributed by atoms with Crippen LogP contribution in [0.1, 0.15) is 41.5 Å². The van der Waals surface area contributed by atoms with Gasteiger partial charge in [0.2, 0.25) is 0 Å². The van der Waals surface area contributed by atoms with Crippen LogP contribution in [0.25, 0.3) is 0 Å². The van der Waals surface area contributed by atoms with Crippen LogP contribution < -0.4 is 5.32 Å². The number of rotatable bonds is 4. The Balaban J connectivity index is 4.71. The maximum absolute atomic E-state index is 12.0. The highest BCUT2D eigenvalue weighted by Crippen LogP contribution is 2.23. The lowest BCUT2D eigenvalue weighted by atomic mass is 9.87. The van der Waals surface area contributed by atoms with Gasteiger partial charge in [-0.3, -0.25) is 0 Å². The average Bonchev–Trinajstić information content (AvgIpc) is 2.20. The molecule has 2 atom stereocenters. The van der Waals surface area contributed by atoms with E-state index < -0.39 is 12.0 Å². The third kappa shape index (κ3) is 4.55. The maximum Gasteiger partial charge on any atom is 0.326 e. The molecule has 0 aliphatic carbocycles. The van der Waals surface area contributed by atoms with Gasteiger partial charge in [-0.2, -0.15) is 0 Å². The van der Waals surface area contributed by atoms with E-state index in [9.17, 15) is 9.59 Å². The number of nitrogens with zero attached hydrogens (tertiary/aromatic N) is 1. The summed E-state index contributed by atoms with van der Waals surface area (Å²) in [6.45, 7) is 11.6. The molecule has 5 heteroatoms. The number of urea groups is 1. The molecule has 0 fully saturated rings. The lowest BCUT2D eigenvalue weighted by Crippen LogP contribution is -2.53. The van der Waals surface area contributed by atoms with Gasteiger partial charge in [0.05, 0.1) is 0 Å². The molecule has 0 aromatic heterocycles. The Morgan fingerprint density at radius 2 is 1.61 bits per heavy atom. The van der Waals surface area contributed by atoms with Crippen LogP contribution in [0.5, 0.6) is 0 Å². The third-order valence-corrected chi connectivity index (χ3v) is 3.37. The highest BCUT2D eigenvalue weighted by Gasteiger charge is 2.30. The Kier molecular flexibility index (Phi) is 5.64. The van der Waals surface area contributed by atoms with Gasteiger partial charge in [-0.05, 0) is 18.3 Å². The van der Waals surface area contributed by atoms with E-state index in [-0.39, 0.29) is 23.4 Å². The minimum Gasteiger partial charge on any atom is -0.480 e. The topological polar surface area (TPSA) is 69.6 Å². The fraction of sp³-hybridized carbons (Fsp3) is 0.846. The van der Waals surface area contributed by atoms with Crippen molar-refractivity contribution in [2.45, 2.75) is 53.6 Å². The van der Waals surface area contributed by atoms with Crippen LogP contribution in [0.4, 0.5) is 4.79 Å². The van der Waals surface area contributed by atoms with Gasteiger partial charge >= 0.3 is 12.0 Å². The average molecular weight is 258 g/mol. The first kappa shape index (κ1) is 16.7. The van der Waals surface area contributed by atoms with Gasteiger partial charge in [0, 0.05) is 13.1 Å². The molecule has 0 spiro atoms. The fourth-order valence-electron chi connectivity index (χ4n) is 1.51. The van der Waals surface area contributed by atoms with Gasteiger partial charge in [-0.1, -0.05) is 34.6 Å². The van der Waals surface area contributed by atoms with Crippen LogP contribution in [0.15, 0.2) is 0 Å². The number of carboxylic acids is 1. The molecule has 5 nitrogen and oxygen atoms in total. The van der Waals surface area contributed by atoms with Crippen molar-refractivity contribution in [3.05, 3.63) is 0 Å². The van der Waals surface area contributed by atoms with Gasteiger partial charge in [0.15, 0.2) is 0 Å². The first-order valence-electron chi connectivity index (χ1n) is 6.24. The quantitative estimate of drug-likeness (QED) is 0.812.